The summed E-state index contributed by atoms with van der Waals surface area (Å²) in [4.78, 5) is 73.7. The second kappa shape index (κ2) is 21.5. The molecule has 19 heteroatoms. The molecule has 3 aromatic rings. The molecule has 376 valence electrons. The standard InChI is InChI=1S/C50H67N5O14/c1-47(2,3)67-44(60)53-19-17-52(18-20-54(45(61)68-48(4,5)6)22-24-55(23-21-53)46(62)69-49(7,8)9)25-27-64-29-28-63-26-16-51-42(58)33-10-13-36-39(30-33)50(66-43(36)59)37-14-11-34(56)31-40(37)65-41-32-35(57)12-15-38(41)50/h10-15,30-32,56-57H,16-29H2,1-9H3,(H,51,58). The van der Waals surface area contributed by atoms with E-state index in [0.29, 0.717) is 42.9 Å². The fourth-order valence-corrected chi connectivity index (χ4v) is 7.90. The summed E-state index contributed by atoms with van der Waals surface area (Å²) in [6, 6.07) is 13.6. The van der Waals surface area contributed by atoms with Crippen LogP contribution in [0.15, 0.2) is 54.6 Å². The molecule has 0 aromatic heterocycles. The van der Waals surface area contributed by atoms with Crippen LogP contribution in [0, 0.1) is 0 Å². The molecular weight excluding hydrogens is 895 g/mol. The lowest BCUT2D eigenvalue weighted by atomic mass is 9.77. The van der Waals surface area contributed by atoms with Crippen LogP contribution in [0.2, 0.25) is 0 Å². The van der Waals surface area contributed by atoms with Gasteiger partial charge in [-0.3, -0.25) is 9.69 Å². The molecule has 1 spiro atoms. The Morgan fingerprint density at radius 3 is 1.51 bits per heavy atom. The summed E-state index contributed by atoms with van der Waals surface area (Å²) in [5, 5.41) is 23.3. The zero-order valence-corrected chi connectivity index (χ0v) is 41.2. The second-order valence-electron chi connectivity index (χ2n) is 20.0. The van der Waals surface area contributed by atoms with E-state index < -0.39 is 52.6 Å². The number of carbonyl (C=O) groups excluding carboxylic acids is 5. The van der Waals surface area contributed by atoms with E-state index in [-0.39, 0.29) is 99.8 Å². The number of hydrogen-bond acceptors (Lipinski definition) is 15. The van der Waals surface area contributed by atoms with Gasteiger partial charge in [-0.15, -0.1) is 0 Å². The third kappa shape index (κ3) is 13.7. The van der Waals surface area contributed by atoms with Crippen LogP contribution < -0.4 is 10.1 Å². The molecule has 3 aliphatic heterocycles. The van der Waals surface area contributed by atoms with E-state index >= 15 is 0 Å². The molecule has 0 radical (unpaired) electrons. The highest BCUT2D eigenvalue weighted by Crippen LogP contribution is 2.57. The van der Waals surface area contributed by atoms with Gasteiger partial charge in [-0.2, -0.15) is 0 Å². The summed E-state index contributed by atoms with van der Waals surface area (Å²) in [6.45, 7) is 19.8. The van der Waals surface area contributed by atoms with Gasteiger partial charge < -0.3 is 63.4 Å². The Hall–Kier alpha value is -6.31. The average molecular weight is 962 g/mol. The number of nitrogens with zero attached hydrogens (tertiary/aromatic N) is 4. The zero-order chi connectivity index (χ0) is 50.3. The maximum atomic E-state index is 13.5. The van der Waals surface area contributed by atoms with E-state index in [9.17, 15) is 34.2 Å². The van der Waals surface area contributed by atoms with Crippen LogP contribution in [0.5, 0.6) is 23.0 Å². The number of benzene rings is 3. The largest absolute Gasteiger partial charge is 0.508 e. The molecule has 0 unspecified atom stereocenters. The lowest BCUT2D eigenvalue weighted by Crippen LogP contribution is -2.51. The number of rotatable bonds is 10. The van der Waals surface area contributed by atoms with E-state index in [0.717, 1.165) is 0 Å². The predicted molar refractivity (Wildman–Crippen MR) is 252 cm³/mol. The number of phenols is 2. The average Bonchev–Trinajstić information content (AvgIpc) is 3.52. The van der Waals surface area contributed by atoms with Crippen LogP contribution >= 0.6 is 0 Å². The van der Waals surface area contributed by atoms with Crippen LogP contribution in [-0.4, -0.2) is 169 Å². The highest BCUT2D eigenvalue weighted by atomic mass is 16.6. The van der Waals surface area contributed by atoms with Crippen molar-refractivity contribution in [3.05, 3.63) is 82.4 Å². The molecule has 0 aliphatic carbocycles. The van der Waals surface area contributed by atoms with Crippen LogP contribution in [0.25, 0.3) is 0 Å². The number of fused-ring (bicyclic) bond motifs is 6. The number of ether oxygens (including phenoxy) is 7. The second-order valence-corrected chi connectivity index (χ2v) is 20.0. The van der Waals surface area contributed by atoms with Crippen molar-refractivity contribution in [2.75, 3.05) is 91.9 Å². The molecule has 0 saturated carbocycles. The maximum absolute atomic E-state index is 13.5. The van der Waals surface area contributed by atoms with Crippen LogP contribution in [0.4, 0.5) is 14.4 Å². The van der Waals surface area contributed by atoms with Gasteiger partial charge in [-0.1, -0.05) is 0 Å². The molecule has 0 bridgehead atoms. The smallest absolute Gasteiger partial charge is 0.410 e. The molecular formula is C50H67N5O14. The number of amides is 4. The Balaban J connectivity index is 1.02. The third-order valence-corrected chi connectivity index (χ3v) is 11.1. The van der Waals surface area contributed by atoms with Crippen molar-refractivity contribution in [3.8, 4) is 23.0 Å². The van der Waals surface area contributed by atoms with E-state index in [1.165, 1.54) is 29.2 Å². The van der Waals surface area contributed by atoms with Gasteiger partial charge in [0.1, 0.15) is 39.8 Å². The van der Waals surface area contributed by atoms with Crippen molar-refractivity contribution in [2.24, 2.45) is 0 Å². The molecule has 4 amide bonds. The fourth-order valence-electron chi connectivity index (χ4n) is 7.90. The highest BCUT2D eigenvalue weighted by Gasteiger charge is 2.54. The Labute approximate surface area is 403 Å². The van der Waals surface area contributed by atoms with E-state index in [4.69, 9.17) is 33.2 Å². The summed E-state index contributed by atoms with van der Waals surface area (Å²) < 4.78 is 41.0. The van der Waals surface area contributed by atoms with Crippen LogP contribution in [0.3, 0.4) is 0 Å². The molecule has 3 aliphatic rings. The van der Waals surface area contributed by atoms with Gasteiger partial charge in [0.15, 0.2) is 5.60 Å². The number of nitrogens with one attached hydrogen (secondary N) is 1. The van der Waals surface area contributed by atoms with Crippen molar-refractivity contribution in [1.82, 2.24) is 24.9 Å². The van der Waals surface area contributed by atoms with Gasteiger partial charge in [-0.05, 0) is 105 Å². The van der Waals surface area contributed by atoms with Crippen molar-refractivity contribution < 1.29 is 67.3 Å². The van der Waals surface area contributed by atoms with E-state index in [1.54, 1.807) is 102 Å². The Morgan fingerprint density at radius 1 is 0.594 bits per heavy atom. The lowest BCUT2D eigenvalue weighted by Gasteiger charge is -2.36. The number of carbonyl (C=O) groups is 5. The fraction of sp³-hybridized carbons (Fsp3) is 0.540. The first-order chi connectivity index (χ1) is 32.4. The summed E-state index contributed by atoms with van der Waals surface area (Å²) >= 11 is 0. The molecule has 3 N–H and O–H groups in total. The first kappa shape index (κ1) is 52.1. The summed E-state index contributed by atoms with van der Waals surface area (Å²) in [5.74, 6) is -0.686. The summed E-state index contributed by atoms with van der Waals surface area (Å²) in [7, 11) is 0. The summed E-state index contributed by atoms with van der Waals surface area (Å²) in [5.41, 5.74) is -1.89. The number of phenolic OH excluding ortho intramolecular Hbond substituents is 2. The van der Waals surface area contributed by atoms with Crippen molar-refractivity contribution in [2.45, 2.75) is 84.7 Å². The molecule has 69 heavy (non-hydrogen) atoms. The van der Waals surface area contributed by atoms with Gasteiger partial charge in [0.05, 0.1) is 32.0 Å². The number of hydrogen-bond donors (Lipinski definition) is 3. The quantitative estimate of drug-likeness (QED) is 0.113. The molecule has 6 rings (SSSR count). The third-order valence-electron chi connectivity index (χ3n) is 11.1. The maximum Gasteiger partial charge on any atom is 0.410 e. The molecule has 0 atom stereocenters. The monoisotopic (exact) mass is 961 g/mol. The van der Waals surface area contributed by atoms with Gasteiger partial charge in [0.25, 0.3) is 5.91 Å². The number of esters is 1. The minimum atomic E-state index is -1.51. The van der Waals surface area contributed by atoms with Crippen LogP contribution in [-0.2, 0) is 34.0 Å². The molecule has 1 fully saturated rings. The van der Waals surface area contributed by atoms with Crippen LogP contribution in [0.1, 0.15) is 99.7 Å². The van der Waals surface area contributed by atoms with E-state index in [2.05, 4.69) is 10.2 Å². The zero-order valence-electron chi connectivity index (χ0n) is 41.2. The minimum absolute atomic E-state index is 0.0691. The van der Waals surface area contributed by atoms with Gasteiger partial charge in [-0.25, -0.2) is 19.2 Å². The normalized spacial score (nSPS) is 16.5. The van der Waals surface area contributed by atoms with Crippen molar-refractivity contribution in [3.63, 3.8) is 0 Å². The Kier molecular flexibility index (Phi) is 16.3. The van der Waals surface area contributed by atoms with Gasteiger partial charge in [0, 0.05) is 99.8 Å². The molecule has 19 nitrogen and oxygen atoms in total. The Morgan fingerprint density at radius 2 is 1.04 bits per heavy atom. The lowest BCUT2D eigenvalue weighted by molar-refractivity contribution is 0.00287. The molecule has 1 saturated heterocycles. The Bertz CT molecular complexity index is 2260. The van der Waals surface area contributed by atoms with Gasteiger partial charge in [0.2, 0.25) is 0 Å². The number of aromatic hydroxyl groups is 2. The molecule has 3 aromatic carbocycles. The van der Waals surface area contributed by atoms with Crippen molar-refractivity contribution >= 4 is 30.2 Å². The summed E-state index contributed by atoms with van der Waals surface area (Å²) in [6.07, 6.45) is -1.57. The first-order valence-electron chi connectivity index (χ1n) is 23.2. The topological polar surface area (TPSA) is 215 Å². The molecule has 3 heterocycles. The van der Waals surface area contributed by atoms with E-state index in [1.807, 2.05) is 0 Å². The SMILES string of the molecule is CC(C)(C)OC(=O)N1CCN(CCOCCOCCNC(=O)c2ccc3c(c2)C2(OC3=O)c3ccc(O)cc3Oc3cc(O)ccc32)CCN(C(=O)OC(C)(C)C)CCN(C(=O)OC(C)(C)C)CC1. The first-order valence-corrected chi connectivity index (χ1v) is 23.2. The minimum Gasteiger partial charge on any atom is -0.508 e. The predicted octanol–water partition coefficient (Wildman–Crippen LogP) is 6.46. The van der Waals surface area contributed by atoms with Crippen molar-refractivity contribution in [1.29, 1.82) is 0 Å². The van der Waals surface area contributed by atoms with Gasteiger partial charge >= 0.3 is 24.2 Å². The highest BCUT2D eigenvalue weighted by molar-refractivity contribution is 6.00.